The zero-order chi connectivity index (χ0) is 20.5. The zero-order valence-electron chi connectivity index (χ0n) is 16.6. The van der Waals surface area contributed by atoms with E-state index in [0.29, 0.717) is 24.1 Å². The molecule has 1 amide bonds. The summed E-state index contributed by atoms with van der Waals surface area (Å²) in [4.78, 5) is 36.5. The van der Waals surface area contributed by atoms with Gasteiger partial charge in [-0.05, 0) is 42.2 Å². The molecule has 0 aliphatic rings. The number of hydrogen-bond donors (Lipinski definition) is 1. The number of amides is 1. The highest BCUT2D eigenvalue weighted by Gasteiger charge is 2.21. The number of anilines is 1. The van der Waals surface area contributed by atoms with Crippen LogP contribution in [0.2, 0.25) is 0 Å². The molecule has 28 heavy (non-hydrogen) atoms. The predicted octanol–water partition coefficient (Wildman–Crippen LogP) is 4.59. The number of benzene rings is 2. The van der Waals surface area contributed by atoms with Gasteiger partial charge in [0.05, 0.1) is 5.92 Å². The maximum Gasteiger partial charge on any atom is 0.313 e. The van der Waals surface area contributed by atoms with Gasteiger partial charge in [-0.1, -0.05) is 51.1 Å². The quantitative estimate of drug-likeness (QED) is 0.509. The molecule has 0 fully saturated rings. The Balaban J connectivity index is 1.90. The van der Waals surface area contributed by atoms with Crippen molar-refractivity contribution in [1.29, 1.82) is 0 Å². The topological polar surface area (TPSA) is 72.5 Å². The highest BCUT2D eigenvalue weighted by molar-refractivity contribution is 5.99. The fraction of sp³-hybridized carbons (Fsp3) is 0.348. The van der Waals surface area contributed by atoms with Crippen molar-refractivity contribution in [3.63, 3.8) is 0 Å². The van der Waals surface area contributed by atoms with Crippen molar-refractivity contribution in [1.82, 2.24) is 0 Å². The minimum atomic E-state index is -0.403. The molecular formula is C23H27NO4. The zero-order valence-corrected chi connectivity index (χ0v) is 16.6. The van der Waals surface area contributed by atoms with Crippen LogP contribution in [0.15, 0.2) is 54.6 Å². The predicted molar refractivity (Wildman–Crippen MR) is 109 cm³/mol. The van der Waals surface area contributed by atoms with Gasteiger partial charge in [-0.25, -0.2) is 0 Å². The summed E-state index contributed by atoms with van der Waals surface area (Å²) in [6.07, 6.45) is 1.04. The van der Waals surface area contributed by atoms with E-state index in [2.05, 4.69) is 5.32 Å². The number of Topliss-reactive ketones (excluding diaryl/α,β-unsaturated/α-hetero) is 1. The molecule has 0 saturated carbocycles. The second-order valence-electron chi connectivity index (χ2n) is 7.13. The van der Waals surface area contributed by atoms with Crippen molar-refractivity contribution in [3.8, 4) is 0 Å². The summed E-state index contributed by atoms with van der Waals surface area (Å²) in [7, 11) is 0. The smallest absolute Gasteiger partial charge is 0.313 e. The Morgan fingerprint density at radius 2 is 1.61 bits per heavy atom. The van der Waals surface area contributed by atoms with E-state index in [9.17, 15) is 14.4 Å². The molecule has 0 unspecified atom stereocenters. The molecule has 5 nitrogen and oxygen atoms in total. The summed E-state index contributed by atoms with van der Waals surface area (Å²) < 4.78 is 5.25. The van der Waals surface area contributed by atoms with Crippen molar-refractivity contribution >= 4 is 23.3 Å². The van der Waals surface area contributed by atoms with Gasteiger partial charge in [-0.3, -0.25) is 14.4 Å². The van der Waals surface area contributed by atoms with Crippen molar-refractivity contribution in [2.24, 2.45) is 5.92 Å². The summed E-state index contributed by atoms with van der Waals surface area (Å²) in [5, 5.41) is 2.79. The van der Waals surface area contributed by atoms with Crippen molar-refractivity contribution in [2.45, 2.75) is 39.5 Å². The molecule has 0 spiro atoms. The Kier molecular flexibility index (Phi) is 7.93. The van der Waals surface area contributed by atoms with Crippen molar-refractivity contribution in [2.75, 3.05) is 11.9 Å². The molecule has 1 N–H and O–H groups in total. The molecule has 1 atom stereocenters. The van der Waals surface area contributed by atoms with Gasteiger partial charge in [0, 0.05) is 17.7 Å². The molecule has 0 saturated heterocycles. The third-order valence-corrected chi connectivity index (χ3v) is 4.32. The standard InChI is InChI=1S/C23H27NO4/c1-4-20(17-8-6-5-7-9-17)23(27)28-15-21(25)18-10-12-19(13-11-18)24-22(26)14-16(2)3/h5-13,16,20H,4,14-15H2,1-3H3,(H,24,26)/t20-/m1/s1. The normalized spacial score (nSPS) is 11.7. The second-order valence-corrected chi connectivity index (χ2v) is 7.13. The second kappa shape index (κ2) is 10.4. The van der Waals surface area contributed by atoms with Crippen LogP contribution in [-0.4, -0.2) is 24.3 Å². The summed E-state index contributed by atoms with van der Waals surface area (Å²) in [6, 6.07) is 16.0. The number of ketones is 1. The first-order valence-corrected chi connectivity index (χ1v) is 9.55. The van der Waals surface area contributed by atoms with Crippen LogP contribution in [0, 0.1) is 5.92 Å². The van der Waals surface area contributed by atoms with E-state index >= 15 is 0 Å². The largest absolute Gasteiger partial charge is 0.457 e. The Morgan fingerprint density at radius 1 is 0.964 bits per heavy atom. The number of rotatable bonds is 9. The van der Waals surface area contributed by atoms with Crippen LogP contribution >= 0.6 is 0 Å². The molecule has 148 valence electrons. The maximum absolute atomic E-state index is 12.4. The van der Waals surface area contributed by atoms with Crippen LogP contribution in [-0.2, 0) is 14.3 Å². The van der Waals surface area contributed by atoms with Gasteiger partial charge in [-0.2, -0.15) is 0 Å². The van der Waals surface area contributed by atoms with Crippen LogP contribution < -0.4 is 5.32 Å². The van der Waals surface area contributed by atoms with E-state index in [1.807, 2.05) is 51.1 Å². The third-order valence-electron chi connectivity index (χ3n) is 4.32. The summed E-state index contributed by atoms with van der Waals surface area (Å²) in [5.41, 5.74) is 1.95. The fourth-order valence-corrected chi connectivity index (χ4v) is 2.87. The monoisotopic (exact) mass is 381 g/mol. The number of ether oxygens (including phenoxy) is 1. The molecule has 5 heteroatoms. The van der Waals surface area contributed by atoms with E-state index in [4.69, 9.17) is 4.74 Å². The molecule has 0 heterocycles. The lowest BCUT2D eigenvalue weighted by atomic mass is 9.97. The number of esters is 1. The van der Waals surface area contributed by atoms with Crippen LogP contribution in [0.25, 0.3) is 0 Å². The average molecular weight is 381 g/mol. The Morgan fingerprint density at radius 3 is 2.18 bits per heavy atom. The fourth-order valence-electron chi connectivity index (χ4n) is 2.87. The Bertz CT molecular complexity index is 797. The van der Waals surface area contributed by atoms with E-state index < -0.39 is 5.97 Å². The van der Waals surface area contributed by atoms with Crippen molar-refractivity contribution < 1.29 is 19.1 Å². The highest BCUT2D eigenvalue weighted by atomic mass is 16.5. The van der Waals surface area contributed by atoms with Crippen LogP contribution in [0.4, 0.5) is 5.69 Å². The van der Waals surface area contributed by atoms with E-state index in [-0.39, 0.29) is 30.1 Å². The molecule has 0 aliphatic carbocycles. The average Bonchev–Trinajstić information content (AvgIpc) is 2.67. The van der Waals surface area contributed by atoms with Gasteiger partial charge in [0.25, 0.3) is 0 Å². The summed E-state index contributed by atoms with van der Waals surface area (Å²) in [6.45, 7) is 5.56. The maximum atomic E-state index is 12.4. The van der Waals surface area contributed by atoms with Gasteiger partial charge in [0.15, 0.2) is 12.4 Å². The molecular weight excluding hydrogens is 354 g/mol. The molecule has 2 aromatic rings. The number of hydrogen-bond acceptors (Lipinski definition) is 4. The lowest BCUT2D eigenvalue weighted by Crippen LogP contribution is -2.20. The van der Waals surface area contributed by atoms with Crippen LogP contribution in [0.3, 0.4) is 0 Å². The molecule has 0 radical (unpaired) electrons. The molecule has 2 rings (SSSR count). The SMILES string of the molecule is CC[C@@H](C(=O)OCC(=O)c1ccc(NC(=O)CC(C)C)cc1)c1ccccc1. The van der Waals surface area contributed by atoms with Gasteiger partial charge in [0.1, 0.15) is 0 Å². The molecule has 0 bridgehead atoms. The van der Waals surface area contributed by atoms with Gasteiger partial charge >= 0.3 is 5.97 Å². The van der Waals surface area contributed by atoms with Gasteiger partial charge < -0.3 is 10.1 Å². The Hall–Kier alpha value is -2.95. The van der Waals surface area contributed by atoms with Crippen LogP contribution in [0.1, 0.15) is 55.5 Å². The van der Waals surface area contributed by atoms with Gasteiger partial charge in [-0.15, -0.1) is 0 Å². The van der Waals surface area contributed by atoms with Gasteiger partial charge in [0.2, 0.25) is 5.91 Å². The first-order chi connectivity index (χ1) is 13.4. The third kappa shape index (κ3) is 6.34. The van der Waals surface area contributed by atoms with E-state index in [1.54, 1.807) is 24.3 Å². The minimum absolute atomic E-state index is 0.0606. The number of nitrogens with one attached hydrogen (secondary N) is 1. The first-order valence-electron chi connectivity index (χ1n) is 9.55. The molecule has 2 aromatic carbocycles. The van der Waals surface area contributed by atoms with E-state index in [0.717, 1.165) is 5.56 Å². The lowest BCUT2D eigenvalue weighted by molar-refractivity contribution is -0.144. The molecule has 0 aliphatic heterocycles. The van der Waals surface area contributed by atoms with E-state index in [1.165, 1.54) is 0 Å². The summed E-state index contributed by atoms with van der Waals surface area (Å²) >= 11 is 0. The number of carbonyl (C=O) groups is 3. The van der Waals surface area contributed by atoms with Crippen molar-refractivity contribution in [3.05, 3.63) is 65.7 Å². The minimum Gasteiger partial charge on any atom is -0.457 e. The number of carbonyl (C=O) groups excluding carboxylic acids is 3. The molecule has 0 aromatic heterocycles. The Labute approximate surface area is 166 Å². The van der Waals surface area contributed by atoms with Crippen LogP contribution in [0.5, 0.6) is 0 Å². The highest BCUT2D eigenvalue weighted by Crippen LogP contribution is 2.21. The summed E-state index contributed by atoms with van der Waals surface area (Å²) in [5.74, 6) is -0.851. The lowest BCUT2D eigenvalue weighted by Gasteiger charge is -2.14. The first kappa shape index (κ1) is 21.4.